The lowest BCUT2D eigenvalue weighted by molar-refractivity contribution is -0.113. The van der Waals surface area contributed by atoms with Gasteiger partial charge in [0, 0.05) is 36.9 Å². The number of likely N-dealkylation sites (tertiary alicyclic amines) is 1. The van der Waals surface area contributed by atoms with Crippen molar-refractivity contribution in [1.82, 2.24) is 9.47 Å². The van der Waals surface area contributed by atoms with Crippen LogP contribution in [-0.4, -0.2) is 53.6 Å². The number of pyridine rings is 1. The summed E-state index contributed by atoms with van der Waals surface area (Å²) >= 11 is 1.41. The highest BCUT2D eigenvalue weighted by molar-refractivity contribution is 7.99. The van der Waals surface area contributed by atoms with Gasteiger partial charge in [0.05, 0.1) is 12.9 Å². The lowest BCUT2D eigenvalue weighted by Crippen LogP contribution is -2.50. The molecule has 1 saturated heterocycles. The van der Waals surface area contributed by atoms with Crippen molar-refractivity contribution in [1.29, 1.82) is 0 Å². The molecule has 8 nitrogen and oxygen atoms in total. The number of amides is 3. The van der Waals surface area contributed by atoms with Crippen molar-refractivity contribution in [3.05, 3.63) is 52.4 Å². The average Bonchev–Trinajstić information content (AvgIpc) is 2.76. The normalized spacial score (nSPS) is 19.4. The van der Waals surface area contributed by atoms with Crippen molar-refractivity contribution in [2.24, 2.45) is 5.92 Å². The minimum Gasteiger partial charge on any atom is -0.497 e. The van der Waals surface area contributed by atoms with Gasteiger partial charge in [-0.3, -0.25) is 9.59 Å². The fourth-order valence-electron chi connectivity index (χ4n) is 4.40. The van der Waals surface area contributed by atoms with Gasteiger partial charge in [0.1, 0.15) is 11.4 Å². The second kappa shape index (κ2) is 9.05. The summed E-state index contributed by atoms with van der Waals surface area (Å²) in [5.74, 6) is 1.16. The van der Waals surface area contributed by atoms with Crippen molar-refractivity contribution in [3.63, 3.8) is 0 Å². The van der Waals surface area contributed by atoms with Crippen molar-refractivity contribution in [2.75, 3.05) is 42.8 Å². The summed E-state index contributed by atoms with van der Waals surface area (Å²) in [5.41, 5.74) is 1.78. The molecule has 1 aromatic carbocycles. The fourth-order valence-corrected chi connectivity index (χ4v) is 4.74. The SMILES string of the molecule is COc1ccc(NC(=O)N2C[C@@H]3C[C@H](C2)c2ccc(NC(=O)CSC)c(=O)n2C3)cc1. The molecule has 2 aromatic rings. The summed E-state index contributed by atoms with van der Waals surface area (Å²) in [7, 11) is 1.60. The zero-order valence-electron chi connectivity index (χ0n) is 17.6. The van der Waals surface area contributed by atoms with Gasteiger partial charge in [0.15, 0.2) is 0 Å². The standard InChI is InChI=1S/C22H26N4O4S/c1-30-17-5-3-16(4-6-17)23-22(29)25-10-14-9-15(12-25)19-8-7-18(21(28)26(19)11-14)24-20(27)13-31-2/h3-8,14-15H,9-13H2,1-2H3,(H,23,29)(H,24,27)/t14-,15+/m0/s1. The Morgan fingerprint density at radius 3 is 2.58 bits per heavy atom. The van der Waals surface area contributed by atoms with E-state index in [0.717, 1.165) is 17.9 Å². The number of urea groups is 1. The molecule has 2 aliphatic heterocycles. The number of anilines is 2. The predicted octanol–water partition coefficient (Wildman–Crippen LogP) is 2.81. The van der Waals surface area contributed by atoms with E-state index in [2.05, 4.69) is 10.6 Å². The Labute approximate surface area is 185 Å². The number of carbonyl (C=O) groups excluding carboxylic acids is 2. The maximum absolute atomic E-state index is 12.9. The Bertz CT molecular complexity index is 1040. The first-order valence-corrected chi connectivity index (χ1v) is 11.6. The van der Waals surface area contributed by atoms with Gasteiger partial charge < -0.3 is 24.8 Å². The van der Waals surface area contributed by atoms with E-state index in [9.17, 15) is 14.4 Å². The molecule has 31 heavy (non-hydrogen) atoms. The Morgan fingerprint density at radius 2 is 1.87 bits per heavy atom. The van der Waals surface area contributed by atoms with Crippen molar-refractivity contribution in [2.45, 2.75) is 18.9 Å². The molecule has 3 amide bonds. The number of hydrogen-bond donors (Lipinski definition) is 2. The van der Waals surface area contributed by atoms with Crippen molar-refractivity contribution >= 4 is 35.1 Å². The van der Waals surface area contributed by atoms with Gasteiger partial charge in [0.2, 0.25) is 5.91 Å². The molecule has 0 aliphatic carbocycles. The van der Waals surface area contributed by atoms with Gasteiger partial charge >= 0.3 is 6.03 Å². The van der Waals surface area contributed by atoms with Crippen LogP contribution < -0.4 is 20.9 Å². The topological polar surface area (TPSA) is 92.7 Å². The molecule has 9 heteroatoms. The molecule has 4 rings (SSSR count). The minimum absolute atomic E-state index is 0.0952. The molecule has 2 N–H and O–H groups in total. The van der Waals surface area contributed by atoms with Crippen LogP contribution in [0.4, 0.5) is 16.2 Å². The molecule has 0 unspecified atom stereocenters. The van der Waals surface area contributed by atoms with E-state index < -0.39 is 0 Å². The summed E-state index contributed by atoms with van der Waals surface area (Å²) in [6.45, 7) is 1.69. The molecule has 0 spiro atoms. The largest absolute Gasteiger partial charge is 0.497 e. The smallest absolute Gasteiger partial charge is 0.321 e. The minimum atomic E-state index is -0.178. The predicted molar refractivity (Wildman–Crippen MR) is 122 cm³/mol. The maximum Gasteiger partial charge on any atom is 0.321 e. The Morgan fingerprint density at radius 1 is 1.10 bits per heavy atom. The van der Waals surface area contributed by atoms with Crippen LogP contribution in [0.5, 0.6) is 5.75 Å². The van der Waals surface area contributed by atoms with Gasteiger partial charge in [-0.05, 0) is 55.0 Å². The van der Waals surface area contributed by atoms with Gasteiger partial charge in [-0.2, -0.15) is 11.8 Å². The Kier molecular flexibility index (Phi) is 6.22. The van der Waals surface area contributed by atoms with E-state index >= 15 is 0 Å². The van der Waals surface area contributed by atoms with E-state index in [-0.39, 0.29) is 29.3 Å². The van der Waals surface area contributed by atoms with Gasteiger partial charge in [-0.1, -0.05) is 0 Å². The average molecular weight is 443 g/mol. The number of methoxy groups -OCH3 is 1. The van der Waals surface area contributed by atoms with E-state index in [1.54, 1.807) is 29.9 Å². The summed E-state index contributed by atoms with van der Waals surface area (Å²) in [5, 5.41) is 5.66. The quantitative estimate of drug-likeness (QED) is 0.743. The summed E-state index contributed by atoms with van der Waals surface area (Å²) in [6.07, 6.45) is 2.79. The first-order chi connectivity index (χ1) is 15.0. The molecule has 164 valence electrons. The van der Waals surface area contributed by atoms with Gasteiger partial charge in [-0.25, -0.2) is 4.79 Å². The molecule has 0 saturated carbocycles. The molecule has 1 aromatic heterocycles. The summed E-state index contributed by atoms with van der Waals surface area (Å²) in [6, 6.07) is 10.7. The zero-order chi connectivity index (χ0) is 22.0. The highest BCUT2D eigenvalue weighted by Crippen LogP contribution is 2.35. The van der Waals surface area contributed by atoms with Crippen molar-refractivity contribution in [3.8, 4) is 5.75 Å². The molecule has 1 fully saturated rings. The summed E-state index contributed by atoms with van der Waals surface area (Å²) in [4.78, 5) is 39.5. The molecular weight excluding hydrogens is 416 g/mol. The number of thioether (sulfide) groups is 1. The highest BCUT2D eigenvalue weighted by Gasteiger charge is 2.36. The number of nitrogens with one attached hydrogen (secondary N) is 2. The molecular formula is C22H26N4O4S. The Hall–Kier alpha value is -2.94. The number of nitrogens with zero attached hydrogens (tertiary/aromatic N) is 2. The van der Waals surface area contributed by atoms with Crippen LogP contribution in [0, 0.1) is 5.92 Å². The first-order valence-electron chi connectivity index (χ1n) is 10.2. The number of carbonyl (C=O) groups is 2. The number of aromatic nitrogens is 1. The number of fused-ring (bicyclic) bond motifs is 4. The fraction of sp³-hybridized carbons (Fsp3) is 0.409. The second-order valence-electron chi connectivity index (χ2n) is 7.93. The van der Waals surface area contributed by atoms with E-state index in [0.29, 0.717) is 36.8 Å². The number of ether oxygens (including phenoxy) is 1. The van der Waals surface area contributed by atoms with Crippen LogP contribution in [0.15, 0.2) is 41.2 Å². The van der Waals surface area contributed by atoms with Gasteiger partial charge in [-0.15, -0.1) is 0 Å². The maximum atomic E-state index is 12.9. The van der Waals surface area contributed by atoms with Crippen LogP contribution in [-0.2, 0) is 11.3 Å². The molecule has 2 aliphatic rings. The third-order valence-electron chi connectivity index (χ3n) is 5.78. The van der Waals surface area contributed by atoms with Crippen molar-refractivity contribution < 1.29 is 14.3 Å². The lowest BCUT2D eigenvalue weighted by Gasteiger charge is -2.42. The van der Waals surface area contributed by atoms with Crippen LogP contribution >= 0.6 is 11.8 Å². The van der Waals surface area contributed by atoms with Crippen LogP contribution in [0.3, 0.4) is 0 Å². The van der Waals surface area contributed by atoms with Crippen LogP contribution in [0.1, 0.15) is 18.0 Å². The third kappa shape index (κ3) is 4.56. The number of piperidine rings is 1. The Balaban J connectivity index is 1.48. The number of benzene rings is 1. The third-order valence-corrected chi connectivity index (χ3v) is 6.33. The van der Waals surface area contributed by atoms with Crippen LogP contribution in [0.2, 0.25) is 0 Å². The molecule has 0 radical (unpaired) electrons. The van der Waals surface area contributed by atoms with Gasteiger partial charge in [0.25, 0.3) is 5.56 Å². The number of rotatable bonds is 5. The van der Waals surface area contributed by atoms with E-state index in [4.69, 9.17) is 4.74 Å². The molecule has 3 heterocycles. The van der Waals surface area contributed by atoms with Crippen LogP contribution in [0.25, 0.3) is 0 Å². The molecule has 2 bridgehead atoms. The monoisotopic (exact) mass is 442 g/mol. The highest BCUT2D eigenvalue weighted by atomic mass is 32.2. The number of hydrogen-bond acceptors (Lipinski definition) is 5. The van der Waals surface area contributed by atoms with E-state index in [1.165, 1.54) is 11.8 Å². The summed E-state index contributed by atoms with van der Waals surface area (Å²) < 4.78 is 6.92. The lowest BCUT2D eigenvalue weighted by atomic mass is 9.83. The van der Waals surface area contributed by atoms with E-state index in [1.807, 2.05) is 29.4 Å². The zero-order valence-corrected chi connectivity index (χ0v) is 18.4. The first kappa shape index (κ1) is 21.3. The second-order valence-corrected chi connectivity index (χ2v) is 8.80. The molecule has 2 atom stereocenters.